The van der Waals surface area contributed by atoms with Gasteiger partial charge in [0, 0.05) is 27.1 Å². The molecule has 1 aliphatic carbocycles. The molecule has 0 heterocycles. The Kier molecular flexibility index (Phi) is 7.68. The van der Waals surface area contributed by atoms with E-state index >= 15 is 0 Å². The molecule has 1 fully saturated rings. The van der Waals surface area contributed by atoms with Crippen molar-refractivity contribution in [1.29, 1.82) is 0 Å². The van der Waals surface area contributed by atoms with E-state index in [2.05, 4.69) is 0 Å². The molecule has 3 nitrogen and oxygen atoms in total. The van der Waals surface area contributed by atoms with E-state index in [1.807, 2.05) is 7.05 Å². The first-order valence-electron chi connectivity index (χ1n) is 7.00. The summed E-state index contributed by atoms with van der Waals surface area (Å²) in [5.74, 6) is 0.976. The average Bonchev–Trinajstić information content (AvgIpc) is 2.37. The van der Waals surface area contributed by atoms with Crippen LogP contribution in [0.1, 0.15) is 44.9 Å². The molecular weight excluding hydrogens is 250 g/mol. The third-order valence-electron chi connectivity index (χ3n) is 3.74. The zero-order chi connectivity index (χ0) is 13.4. The van der Waals surface area contributed by atoms with Crippen molar-refractivity contribution in [3.05, 3.63) is 0 Å². The van der Waals surface area contributed by atoms with E-state index < -0.39 is 0 Å². The SMILES string of the molecule is COCC(Cl)CN(C)C(=O)CCC1CCCCC1. The fourth-order valence-corrected chi connectivity index (χ4v) is 2.96. The summed E-state index contributed by atoms with van der Waals surface area (Å²) in [7, 11) is 3.45. The second-order valence-corrected chi connectivity index (χ2v) is 5.99. The van der Waals surface area contributed by atoms with Gasteiger partial charge in [-0.25, -0.2) is 0 Å². The summed E-state index contributed by atoms with van der Waals surface area (Å²) >= 11 is 6.05. The number of amides is 1. The lowest BCUT2D eigenvalue weighted by molar-refractivity contribution is -0.130. The van der Waals surface area contributed by atoms with E-state index in [-0.39, 0.29) is 11.3 Å². The van der Waals surface area contributed by atoms with E-state index in [0.717, 1.165) is 12.3 Å². The molecule has 1 saturated carbocycles. The maximum atomic E-state index is 12.0. The van der Waals surface area contributed by atoms with E-state index in [4.69, 9.17) is 16.3 Å². The fraction of sp³-hybridized carbons (Fsp3) is 0.929. The Morgan fingerprint density at radius 2 is 2.06 bits per heavy atom. The molecule has 0 aromatic heterocycles. The molecule has 0 radical (unpaired) electrons. The van der Waals surface area contributed by atoms with E-state index in [0.29, 0.717) is 19.6 Å². The second-order valence-electron chi connectivity index (χ2n) is 5.37. The molecule has 4 heteroatoms. The van der Waals surface area contributed by atoms with Gasteiger partial charge in [0.1, 0.15) is 0 Å². The lowest BCUT2D eigenvalue weighted by atomic mass is 9.86. The highest BCUT2D eigenvalue weighted by Gasteiger charge is 2.17. The smallest absolute Gasteiger partial charge is 0.222 e. The quantitative estimate of drug-likeness (QED) is 0.669. The number of rotatable bonds is 7. The third-order valence-corrected chi connectivity index (χ3v) is 4.00. The van der Waals surface area contributed by atoms with Crippen molar-refractivity contribution < 1.29 is 9.53 Å². The molecule has 1 rings (SSSR count). The molecule has 1 aliphatic rings. The van der Waals surface area contributed by atoms with Crippen LogP contribution in [-0.4, -0.2) is 43.5 Å². The molecule has 1 atom stereocenters. The van der Waals surface area contributed by atoms with Crippen LogP contribution in [0.5, 0.6) is 0 Å². The minimum absolute atomic E-state index is 0.112. The van der Waals surface area contributed by atoms with Crippen LogP contribution < -0.4 is 0 Å². The summed E-state index contributed by atoms with van der Waals surface area (Å²) in [6.07, 6.45) is 8.36. The molecule has 0 saturated heterocycles. The molecule has 0 N–H and O–H groups in total. The molecule has 0 aromatic carbocycles. The molecule has 106 valence electrons. The highest BCUT2D eigenvalue weighted by Crippen LogP contribution is 2.27. The van der Waals surface area contributed by atoms with E-state index in [9.17, 15) is 4.79 Å². The van der Waals surface area contributed by atoms with Gasteiger partial charge < -0.3 is 9.64 Å². The summed E-state index contributed by atoms with van der Waals surface area (Å²) in [6.45, 7) is 1.06. The summed E-state index contributed by atoms with van der Waals surface area (Å²) in [4.78, 5) is 13.7. The number of alkyl halides is 1. The first-order chi connectivity index (χ1) is 8.63. The van der Waals surface area contributed by atoms with Crippen LogP contribution in [0.4, 0.5) is 0 Å². The number of halogens is 1. The van der Waals surface area contributed by atoms with Gasteiger partial charge in [-0.15, -0.1) is 11.6 Å². The van der Waals surface area contributed by atoms with Crippen molar-refractivity contribution in [3.8, 4) is 0 Å². The number of carbonyl (C=O) groups is 1. The Morgan fingerprint density at radius 1 is 1.39 bits per heavy atom. The molecule has 0 aromatic rings. The van der Waals surface area contributed by atoms with Gasteiger partial charge in [-0.05, 0) is 12.3 Å². The number of hydrogen-bond acceptors (Lipinski definition) is 2. The van der Waals surface area contributed by atoms with Gasteiger partial charge >= 0.3 is 0 Å². The van der Waals surface area contributed by atoms with Crippen LogP contribution in [0.25, 0.3) is 0 Å². The zero-order valence-corrected chi connectivity index (χ0v) is 12.4. The lowest BCUT2D eigenvalue weighted by Gasteiger charge is -2.24. The topological polar surface area (TPSA) is 29.5 Å². The summed E-state index contributed by atoms with van der Waals surface area (Å²) in [6, 6.07) is 0. The van der Waals surface area contributed by atoms with Crippen LogP contribution in [-0.2, 0) is 9.53 Å². The molecule has 18 heavy (non-hydrogen) atoms. The molecular formula is C14H26ClNO2. The predicted octanol–water partition coefficient (Wildman–Crippen LogP) is 3.06. The number of hydrogen-bond donors (Lipinski definition) is 0. The van der Waals surface area contributed by atoms with Gasteiger partial charge in [-0.3, -0.25) is 4.79 Å². The maximum absolute atomic E-state index is 12.0. The Balaban J connectivity index is 2.18. The van der Waals surface area contributed by atoms with Crippen molar-refractivity contribution in [2.45, 2.75) is 50.3 Å². The monoisotopic (exact) mass is 275 g/mol. The van der Waals surface area contributed by atoms with Crippen LogP contribution in [0.15, 0.2) is 0 Å². The maximum Gasteiger partial charge on any atom is 0.222 e. The highest BCUT2D eigenvalue weighted by atomic mass is 35.5. The lowest BCUT2D eigenvalue weighted by Crippen LogP contribution is -2.34. The number of methoxy groups -OCH3 is 1. The van der Waals surface area contributed by atoms with Crippen molar-refractivity contribution in [2.24, 2.45) is 5.92 Å². The van der Waals surface area contributed by atoms with E-state index in [1.54, 1.807) is 12.0 Å². The standard InChI is InChI=1S/C14H26ClNO2/c1-16(10-13(15)11-18-2)14(17)9-8-12-6-4-3-5-7-12/h12-13H,3-11H2,1-2H3. The van der Waals surface area contributed by atoms with Gasteiger partial charge in [-0.2, -0.15) is 0 Å². The molecule has 0 spiro atoms. The highest BCUT2D eigenvalue weighted by molar-refractivity contribution is 6.21. The normalized spacial score (nSPS) is 18.6. The molecule has 0 bridgehead atoms. The van der Waals surface area contributed by atoms with Crippen LogP contribution in [0.3, 0.4) is 0 Å². The minimum atomic E-state index is -0.112. The first kappa shape index (κ1) is 15.8. The van der Waals surface area contributed by atoms with Gasteiger partial charge in [0.05, 0.1) is 12.0 Å². The van der Waals surface area contributed by atoms with Crippen molar-refractivity contribution in [1.82, 2.24) is 4.90 Å². The second kappa shape index (κ2) is 8.76. The number of ether oxygens (including phenoxy) is 1. The summed E-state index contributed by atoms with van der Waals surface area (Å²) in [5.41, 5.74) is 0. The number of carbonyl (C=O) groups excluding carboxylic acids is 1. The van der Waals surface area contributed by atoms with Crippen molar-refractivity contribution in [3.63, 3.8) is 0 Å². The Labute approximate surface area is 116 Å². The largest absolute Gasteiger partial charge is 0.383 e. The Bertz CT molecular complexity index is 242. The van der Waals surface area contributed by atoms with Gasteiger partial charge in [0.2, 0.25) is 5.91 Å². The number of nitrogens with zero attached hydrogens (tertiary/aromatic N) is 1. The van der Waals surface area contributed by atoms with Gasteiger partial charge in [0.15, 0.2) is 0 Å². The molecule has 1 amide bonds. The van der Waals surface area contributed by atoms with Crippen molar-refractivity contribution in [2.75, 3.05) is 27.3 Å². The van der Waals surface area contributed by atoms with Crippen LogP contribution >= 0.6 is 11.6 Å². The van der Waals surface area contributed by atoms with Gasteiger partial charge in [-0.1, -0.05) is 32.1 Å². The summed E-state index contributed by atoms with van der Waals surface area (Å²) in [5, 5.41) is -0.112. The van der Waals surface area contributed by atoms with Crippen LogP contribution in [0.2, 0.25) is 0 Å². The molecule has 0 aliphatic heterocycles. The third kappa shape index (κ3) is 6.05. The zero-order valence-electron chi connectivity index (χ0n) is 11.7. The minimum Gasteiger partial charge on any atom is -0.383 e. The predicted molar refractivity (Wildman–Crippen MR) is 75.0 cm³/mol. The summed E-state index contributed by atoms with van der Waals surface area (Å²) < 4.78 is 4.97. The fourth-order valence-electron chi connectivity index (χ4n) is 2.63. The molecule has 1 unspecified atom stereocenters. The Hall–Kier alpha value is -0.280. The van der Waals surface area contributed by atoms with E-state index in [1.165, 1.54) is 32.1 Å². The van der Waals surface area contributed by atoms with Crippen LogP contribution in [0, 0.1) is 5.92 Å². The Morgan fingerprint density at radius 3 is 2.67 bits per heavy atom. The van der Waals surface area contributed by atoms with Crippen molar-refractivity contribution >= 4 is 17.5 Å². The first-order valence-corrected chi connectivity index (χ1v) is 7.44. The van der Waals surface area contributed by atoms with Gasteiger partial charge in [0.25, 0.3) is 0 Å². The average molecular weight is 276 g/mol.